The number of nitrogens with one attached hydrogen (secondary N) is 1. The molecule has 1 atom stereocenters. The highest BCUT2D eigenvalue weighted by molar-refractivity contribution is 6.00. The average Bonchev–Trinajstić information content (AvgIpc) is 3.38. The Morgan fingerprint density at radius 1 is 0.933 bits per heavy atom. The van der Waals surface area contributed by atoms with Crippen molar-refractivity contribution < 1.29 is 14.4 Å². The summed E-state index contributed by atoms with van der Waals surface area (Å²) in [4.78, 5) is 40.4. The molecular formula is C24H27N3O3. The van der Waals surface area contributed by atoms with E-state index in [1.54, 1.807) is 9.80 Å². The van der Waals surface area contributed by atoms with Crippen LogP contribution in [0.1, 0.15) is 37.3 Å². The van der Waals surface area contributed by atoms with Crippen LogP contribution in [-0.4, -0.2) is 30.8 Å². The van der Waals surface area contributed by atoms with Gasteiger partial charge in [-0.3, -0.25) is 14.4 Å². The second kappa shape index (κ2) is 8.69. The number of carbonyl (C=O) groups excluding carboxylic acids is 3. The van der Waals surface area contributed by atoms with Crippen LogP contribution in [0.2, 0.25) is 0 Å². The van der Waals surface area contributed by atoms with Crippen LogP contribution in [0.5, 0.6) is 0 Å². The predicted molar refractivity (Wildman–Crippen MR) is 116 cm³/mol. The number of aryl methyl sites for hydroxylation is 1. The molecule has 6 heteroatoms. The zero-order valence-electron chi connectivity index (χ0n) is 17.3. The topological polar surface area (TPSA) is 69.7 Å². The summed E-state index contributed by atoms with van der Waals surface area (Å²) >= 11 is 0. The van der Waals surface area contributed by atoms with Gasteiger partial charge in [-0.1, -0.05) is 31.2 Å². The molecule has 0 bridgehead atoms. The first-order valence-corrected chi connectivity index (χ1v) is 10.6. The number of benzene rings is 2. The second-order valence-corrected chi connectivity index (χ2v) is 7.96. The molecule has 2 saturated heterocycles. The van der Waals surface area contributed by atoms with Crippen molar-refractivity contribution in [3.8, 4) is 0 Å². The highest BCUT2D eigenvalue weighted by Gasteiger charge is 2.35. The highest BCUT2D eigenvalue weighted by Crippen LogP contribution is 2.26. The second-order valence-electron chi connectivity index (χ2n) is 7.96. The molecule has 1 N–H and O–H groups in total. The van der Waals surface area contributed by atoms with E-state index < -0.39 is 0 Å². The molecule has 0 spiro atoms. The molecule has 0 radical (unpaired) electrons. The van der Waals surface area contributed by atoms with Crippen LogP contribution in [0, 0.1) is 5.92 Å². The summed E-state index contributed by atoms with van der Waals surface area (Å²) in [5.41, 5.74) is 3.94. The Labute approximate surface area is 176 Å². The molecule has 2 aromatic rings. The lowest BCUT2D eigenvalue weighted by Gasteiger charge is -2.17. The first-order valence-electron chi connectivity index (χ1n) is 10.6. The Bertz CT molecular complexity index is 937. The van der Waals surface area contributed by atoms with E-state index in [9.17, 15) is 14.4 Å². The third-order valence-corrected chi connectivity index (χ3v) is 5.94. The summed E-state index contributed by atoms with van der Waals surface area (Å²) in [5, 5.41) is 2.95. The smallest absolute Gasteiger partial charge is 0.227 e. The zero-order chi connectivity index (χ0) is 21.1. The molecule has 2 fully saturated rings. The van der Waals surface area contributed by atoms with Gasteiger partial charge in [0.1, 0.15) is 0 Å². The molecule has 6 nitrogen and oxygen atoms in total. The number of anilines is 2. The largest absolute Gasteiger partial charge is 0.352 e. The van der Waals surface area contributed by atoms with E-state index in [-0.39, 0.29) is 30.1 Å². The summed E-state index contributed by atoms with van der Waals surface area (Å²) in [7, 11) is 0. The lowest BCUT2D eigenvalue weighted by molar-refractivity contribution is -0.126. The molecule has 0 aliphatic carbocycles. The summed E-state index contributed by atoms with van der Waals surface area (Å²) in [5.74, 6) is -0.297. The molecule has 2 aromatic carbocycles. The Morgan fingerprint density at radius 3 is 2.17 bits per heavy atom. The number of carbonyl (C=O) groups is 3. The monoisotopic (exact) mass is 405 g/mol. The van der Waals surface area contributed by atoms with Gasteiger partial charge in [0, 0.05) is 43.9 Å². The van der Waals surface area contributed by atoms with Gasteiger partial charge < -0.3 is 15.1 Å². The molecule has 0 aromatic heterocycles. The van der Waals surface area contributed by atoms with Gasteiger partial charge in [-0.05, 0) is 48.2 Å². The van der Waals surface area contributed by atoms with Crippen LogP contribution in [-0.2, 0) is 27.3 Å². The van der Waals surface area contributed by atoms with E-state index >= 15 is 0 Å². The van der Waals surface area contributed by atoms with Gasteiger partial charge in [0.25, 0.3) is 0 Å². The number of amides is 3. The first kappa shape index (κ1) is 20.1. The van der Waals surface area contributed by atoms with Crippen molar-refractivity contribution in [3.05, 3.63) is 59.7 Å². The molecule has 156 valence electrons. The SMILES string of the molecule is CCc1ccc(N2CC(C(=O)NCc3ccc(N4CCCC4=O)cc3)CC2=O)cc1. The molecule has 1 unspecified atom stereocenters. The number of hydrogen-bond donors (Lipinski definition) is 1. The van der Waals surface area contributed by atoms with Gasteiger partial charge >= 0.3 is 0 Å². The van der Waals surface area contributed by atoms with Gasteiger partial charge in [-0.2, -0.15) is 0 Å². The van der Waals surface area contributed by atoms with E-state index in [4.69, 9.17) is 0 Å². The molecule has 4 rings (SSSR count). The predicted octanol–water partition coefficient (Wildman–Crippen LogP) is 3.05. The van der Waals surface area contributed by atoms with Gasteiger partial charge in [0.05, 0.1) is 5.92 Å². The Hall–Kier alpha value is -3.15. The molecular weight excluding hydrogens is 378 g/mol. The summed E-state index contributed by atoms with van der Waals surface area (Å²) in [6.45, 7) is 3.67. The molecule has 0 saturated carbocycles. The lowest BCUT2D eigenvalue weighted by atomic mass is 10.1. The van der Waals surface area contributed by atoms with Gasteiger partial charge in [-0.15, -0.1) is 0 Å². The Balaban J connectivity index is 1.32. The Kier molecular flexibility index (Phi) is 5.84. The van der Waals surface area contributed by atoms with Crippen molar-refractivity contribution in [2.75, 3.05) is 22.9 Å². The normalized spacial score (nSPS) is 18.9. The van der Waals surface area contributed by atoms with Gasteiger partial charge in [0.15, 0.2) is 0 Å². The van der Waals surface area contributed by atoms with Crippen molar-refractivity contribution >= 4 is 29.1 Å². The van der Waals surface area contributed by atoms with Crippen molar-refractivity contribution in [1.29, 1.82) is 0 Å². The number of hydrogen-bond acceptors (Lipinski definition) is 3. The summed E-state index contributed by atoms with van der Waals surface area (Å²) in [6, 6.07) is 15.7. The van der Waals surface area contributed by atoms with Crippen molar-refractivity contribution in [1.82, 2.24) is 5.32 Å². The molecule has 2 heterocycles. The van der Waals surface area contributed by atoms with Crippen molar-refractivity contribution in [2.45, 2.75) is 39.2 Å². The standard InChI is InChI=1S/C24H27N3O3/c1-2-17-5-9-21(10-6-17)27-16-19(14-23(27)29)24(30)25-15-18-7-11-20(12-8-18)26-13-3-4-22(26)28/h5-12,19H,2-4,13-16H2,1H3,(H,25,30). The molecule has 2 aliphatic heterocycles. The average molecular weight is 405 g/mol. The fraction of sp³-hybridized carbons (Fsp3) is 0.375. The van der Waals surface area contributed by atoms with Crippen LogP contribution in [0.25, 0.3) is 0 Å². The van der Waals surface area contributed by atoms with E-state index in [1.165, 1.54) is 5.56 Å². The molecule has 2 aliphatic rings. The fourth-order valence-electron chi connectivity index (χ4n) is 4.09. The summed E-state index contributed by atoms with van der Waals surface area (Å²) < 4.78 is 0. The highest BCUT2D eigenvalue weighted by atomic mass is 16.2. The zero-order valence-corrected chi connectivity index (χ0v) is 17.3. The maximum Gasteiger partial charge on any atom is 0.227 e. The van der Waals surface area contributed by atoms with Crippen LogP contribution in [0.4, 0.5) is 11.4 Å². The van der Waals surface area contributed by atoms with E-state index in [0.717, 1.165) is 36.3 Å². The minimum Gasteiger partial charge on any atom is -0.352 e. The minimum absolute atomic E-state index is 0.0148. The molecule has 30 heavy (non-hydrogen) atoms. The number of rotatable bonds is 6. The van der Waals surface area contributed by atoms with Gasteiger partial charge in [-0.25, -0.2) is 0 Å². The first-order chi connectivity index (χ1) is 14.5. The quantitative estimate of drug-likeness (QED) is 0.803. The third-order valence-electron chi connectivity index (χ3n) is 5.94. The fourth-order valence-corrected chi connectivity index (χ4v) is 4.09. The van der Waals surface area contributed by atoms with Crippen molar-refractivity contribution in [2.24, 2.45) is 5.92 Å². The van der Waals surface area contributed by atoms with Crippen LogP contribution < -0.4 is 15.1 Å². The maximum atomic E-state index is 12.6. The molecule has 3 amide bonds. The van der Waals surface area contributed by atoms with E-state index in [0.29, 0.717) is 19.5 Å². The minimum atomic E-state index is -0.343. The van der Waals surface area contributed by atoms with Crippen LogP contribution in [0.3, 0.4) is 0 Å². The third kappa shape index (κ3) is 4.22. The summed E-state index contributed by atoms with van der Waals surface area (Å²) in [6.07, 6.45) is 2.69. The van der Waals surface area contributed by atoms with Gasteiger partial charge in [0.2, 0.25) is 17.7 Å². The van der Waals surface area contributed by atoms with Crippen LogP contribution >= 0.6 is 0 Å². The maximum absolute atomic E-state index is 12.6. The lowest BCUT2D eigenvalue weighted by Crippen LogP contribution is -2.32. The van der Waals surface area contributed by atoms with E-state index in [2.05, 4.69) is 12.2 Å². The van der Waals surface area contributed by atoms with Crippen LogP contribution in [0.15, 0.2) is 48.5 Å². The van der Waals surface area contributed by atoms with E-state index in [1.807, 2.05) is 48.5 Å². The Morgan fingerprint density at radius 2 is 1.57 bits per heavy atom. The number of nitrogens with zero attached hydrogens (tertiary/aromatic N) is 2. The van der Waals surface area contributed by atoms with Crippen molar-refractivity contribution in [3.63, 3.8) is 0 Å².